The Labute approximate surface area is 103 Å². The van der Waals surface area contributed by atoms with E-state index in [0.29, 0.717) is 0 Å². The molecule has 0 aromatic carbocycles. The Morgan fingerprint density at radius 1 is 1.18 bits per heavy atom. The van der Waals surface area contributed by atoms with E-state index in [1.807, 2.05) is 46.9 Å². The predicted molar refractivity (Wildman–Crippen MR) is 69.5 cm³/mol. The molecule has 17 heavy (non-hydrogen) atoms. The summed E-state index contributed by atoms with van der Waals surface area (Å²) in [6.45, 7) is 8.15. The van der Waals surface area contributed by atoms with Crippen LogP contribution in [0.1, 0.15) is 27.7 Å². The number of nitrogens with one attached hydrogen (secondary N) is 1. The van der Waals surface area contributed by atoms with E-state index < -0.39 is 7.12 Å². The number of aromatic nitrogens is 1. The molecule has 4 nitrogen and oxygen atoms in total. The molecule has 1 aromatic rings. The summed E-state index contributed by atoms with van der Waals surface area (Å²) in [6, 6.07) is 3.86. The first kappa shape index (κ1) is 12.4. The fourth-order valence-corrected chi connectivity index (χ4v) is 1.70. The van der Waals surface area contributed by atoms with Crippen molar-refractivity contribution in [2.24, 2.45) is 0 Å². The lowest BCUT2D eigenvalue weighted by atomic mass is 9.84. The highest BCUT2D eigenvalue weighted by Crippen LogP contribution is 2.36. The SMILES string of the molecule is CNc1ccnc(B2OC(C)(C)C(C)(C)O2)c1. The van der Waals surface area contributed by atoms with Gasteiger partial charge in [0.2, 0.25) is 0 Å². The zero-order valence-electron chi connectivity index (χ0n) is 11.1. The van der Waals surface area contributed by atoms with Crippen LogP contribution in [-0.4, -0.2) is 30.4 Å². The van der Waals surface area contributed by atoms with Crippen LogP contribution in [0, 0.1) is 0 Å². The minimum Gasteiger partial charge on any atom is -0.398 e. The highest BCUT2D eigenvalue weighted by Gasteiger charge is 2.52. The Kier molecular flexibility index (Phi) is 2.91. The van der Waals surface area contributed by atoms with Gasteiger partial charge in [-0.25, -0.2) is 0 Å². The van der Waals surface area contributed by atoms with Gasteiger partial charge in [-0.3, -0.25) is 4.98 Å². The minimum atomic E-state index is -0.395. The van der Waals surface area contributed by atoms with Crippen LogP contribution in [0.15, 0.2) is 18.3 Å². The van der Waals surface area contributed by atoms with E-state index in [4.69, 9.17) is 9.31 Å². The zero-order valence-corrected chi connectivity index (χ0v) is 11.1. The monoisotopic (exact) mass is 234 g/mol. The van der Waals surface area contributed by atoms with Crippen LogP contribution in [0.25, 0.3) is 0 Å². The summed E-state index contributed by atoms with van der Waals surface area (Å²) in [7, 11) is 1.48. The van der Waals surface area contributed by atoms with Crippen LogP contribution >= 0.6 is 0 Å². The molecule has 0 unspecified atom stereocenters. The topological polar surface area (TPSA) is 43.4 Å². The summed E-state index contributed by atoms with van der Waals surface area (Å²) in [5, 5.41) is 3.08. The first-order valence-corrected chi connectivity index (χ1v) is 5.85. The lowest BCUT2D eigenvalue weighted by molar-refractivity contribution is 0.00578. The maximum absolute atomic E-state index is 5.94. The molecular formula is C12H19BN2O2. The van der Waals surface area contributed by atoms with Crippen molar-refractivity contribution in [1.82, 2.24) is 4.98 Å². The van der Waals surface area contributed by atoms with E-state index >= 15 is 0 Å². The van der Waals surface area contributed by atoms with Crippen molar-refractivity contribution in [3.8, 4) is 0 Å². The molecule has 1 aromatic heterocycles. The highest BCUT2D eigenvalue weighted by molar-refractivity contribution is 6.61. The van der Waals surface area contributed by atoms with Crippen molar-refractivity contribution in [2.45, 2.75) is 38.9 Å². The summed E-state index contributed by atoms with van der Waals surface area (Å²) < 4.78 is 11.9. The molecule has 0 atom stereocenters. The van der Waals surface area contributed by atoms with Gasteiger partial charge in [0.1, 0.15) is 0 Å². The summed E-state index contributed by atoms with van der Waals surface area (Å²) in [5.74, 6) is 0. The highest BCUT2D eigenvalue weighted by atomic mass is 16.7. The molecule has 0 bridgehead atoms. The molecule has 1 saturated heterocycles. The van der Waals surface area contributed by atoms with E-state index in [1.165, 1.54) is 0 Å². The lowest BCUT2D eigenvalue weighted by Crippen LogP contribution is -2.41. The van der Waals surface area contributed by atoms with Gasteiger partial charge in [0.25, 0.3) is 0 Å². The number of rotatable bonds is 2. The lowest BCUT2D eigenvalue weighted by Gasteiger charge is -2.32. The smallest absolute Gasteiger partial charge is 0.398 e. The van der Waals surface area contributed by atoms with Gasteiger partial charge in [0.05, 0.1) is 16.8 Å². The molecule has 2 heterocycles. The largest absolute Gasteiger partial charge is 0.514 e. The summed E-state index contributed by atoms with van der Waals surface area (Å²) in [4.78, 5) is 4.31. The van der Waals surface area contributed by atoms with Gasteiger partial charge in [-0.1, -0.05) is 0 Å². The van der Waals surface area contributed by atoms with Gasteiger partial charge in [0.15, 0.2) is 0 Å². The Morgan fingerprint density at radius 3 is 2.29 bits per heavy atom. The standard InChI is InChI=1S/C12H19BN2O2/c1-11(2)12(3,4)17-13(16-11)10-8-9(14-5)6-7-15-10/h6-8H,1-5H3,(H,14,15). The summed E-state index contributed by atoms with van der Waals surface area (Å²) >= 11 is 0. The second-order valence-electron chi connectivity index (χ2n) is 5.31. The normalized spacial score (nSPS) is 21.6. The van der Waals surface area contributed by atoms with Crippen molar-refractivity contribution in [3.05, 3.63) is 18.3 Å². The molecule has 0 amide bonds. The summed E-state index contributed by atoms with van der Waals surface area (Å²) in [5.41, 5.74) is 1.16. The molecule has 1 aliphatic heterocycles. The Hall–Kier alpha value is -1.07. The van der Waals surface area contributed by atoms with Crippen LogP contribution < -0.4 is 10.9 Å². The predicted octanol–water partition coefficient (Wildman–Crippen LogP) is 1.42. The van der Waals surface area contributed by atoms with Gasteiger partial charge in [-0.2, -0.15) is 0 Å². The van der Waals surface area contributed by atoms with E-state index in [1.54, 1.807) is 6.20 Å². The number of pyridine rings is 1. The molecule has 0 aliphatic carbocycles. The molecule has 1 fully saturated rings. The van der Waals surface area contributed by atoms with Crippen molar-refractivity contribution in [2.75, 3.05) is 12.4 Å². The number of hydrogen-bond donors (Lipinski definition) is 1. The van der Waals surface area contributed by atoms with E-state index in [2.05, 4.69) is 10.3 Å². The molecule has 1 aliphatic rings. The average molecular weight is 234 g/mol. The fraction of sp³-hybridized carbons (Fsp3) is 0.583. The van der Waals surface area contributed by atoms with Gasteiger partial charge >= 0.3 is 7.12 Å². The maximum Gasteiger partial charge on any atom is 0.514 e. The van der Waals surface area contributed by atoms with E-state index in [0.717, 1.165) is 11.3 Å². The fourth-order valence-electron chi connectivity index (χ4n) is 1.70. The van der Waals surface area contributed by atoms with Crippen LogP contribution in [-0.2, 0) is 9.31 Å². The number of anilines is 1. The molecule has 0 radical (unpaired) electrons. The van der Waals surface area contributed by atoms with Gasteiger partial charge in [-0.05, 0) is 39.8 Å². The van der Waals surface area contributed by atoms with E-state index in [-0.39, 0.29) is 11.2 Å². The van der Waals surface area contributed by atoms with Gasteiger partial charge in [0, 0.05) is 18.9 Å². The van der Waals surface area contributed by atoms with Crippen LogP contribution in [0.4, 0.5) is 5.69 Å². The first-order chi connectivity index (χ1) is 7.86. The molecule has 5 heteroatoms. The summed E-state index contributed by atoms with van der Waals surface area (Å²) in [6.07, 6.45) is 1.76. The molecule has 1 N–H and O–H groups in total. The average Bonchev–Trinajstić information content (AvgIpc) is 2.48. The Morgan fingerprint density at radius 2 is 1.76 bits per heavy atom. The van der Waals surface area contributed by atoms with Crippen molar-refractivity contribution in [3.63, 3.8) is 0 Å². The molecule has 92 valence electrons. The quantitative estimate of drug-likeness (QED) is 0.786. The third-order valence-electron chi connectivity index (χ3n) is 3.56. The maximum atomic E-state index is 5.94. The Balaban J connectivity index is 2.25. The van der Waals surface area contributed by atoms with Crippen molar-refractivity contribution in [1.29, 1.82) is 0 Å². The second-order valence-corrected chi connectivity index (χ2v) is 5.31. The van der Waals surface area contributed by atoms with Crippen molar-refractivity contribution < 1.29 is 9.31 Å². The van der Waals surface area contributed by atoms with Crippen LogP contribution in [0.2, 0.25) is 0 Å². The third-order valence-corrected chi connectivity index (χ3v) is 3.56. The first-order valence-electron chi connectivity index (χ1n) is 5.85. The van der Waals surface area contributed by atoms with Crippen molar-refractivity contribution >= 4 is 18.4 Å². The van der Waals surface area contributed by atoms with E-state index in [9.17, 15) is 0 Å². The second kappa shape index (κ2) is 4.00. The molecular weight excluding hydrogens is 215 g/mol. The van der Waals surface area contributed by atoms with Gasteiger partial charge < -0.3 is 14.6 Å². The van der Waals surface area contributed by atoms with Gasteiger partial charge in [-0.15, -0.1) is 0 Å². The molecule has 0 saturated carbocycles. The van der Waals surface area contributed by atoms with Crippen LogP contribution in [0.3, 0.4) is 0 Å². The molecule has 0 spiro atoms. The Bertz CT molecular complexity index is 405. The minimum absolute atomic E-state index is 0.324. The van der Waals surface area contributed by atoms with Crippen LogP contribution in [0.5, 0.6) is 0 Å². The zero-order chi connectivity index (χ0) is 12.7. The third kappa shape index (κ3) is 2.17. The molecule has 2 rings (SSSR count). The number of nitrogens with zero attached hydrogens (tertiary/aromatic N) is 1. The number of hydrogen-bond acceptors (Lipinski definition) is 4.